The van der Waals surface area contributed by atoms with Crippen LogP contribution in [0.25, 0.3) is 5.32 Å². The van der Waals surface area contributed by atoms with Crippen molar-refractivity contribution in [2.24, 2.45) is 5.73 Å². The van der Waals surface area contributed by atoms with E-state index in [-0.39, 0.29) is 37.7 Å². The van der Waals surface area contributed by atoms with Crippen molar-refractivity contribution in [3.8, 4) is 0 Å². The second-order valence-corrected chi connectivity index (χ2v) is 1.18. The van der Waals surface area contributed by atoms with Crippen molar-refractivity contribution in [2.45, 2.75) is 6.42 Å². The van der Waals surface area contributed by atoms with E-state index in [2.05, 4.69) is 5.32 Å². The van der Waals surface area contributed by atoms with Gasteiger partial charge in [-0.05, 0) is 6.54 Å². The smallest absolute Gasteiger partial charge is 0 e. The largest absolute Gasteiger partial charge is 0.665 e. The number of nitrogens with zero attached hydrogens (tertiary/aromatic N) is 1. The Morgan fingerprint density at radius 2 is 2.14 bits per heavy atom. The van der Waals surface area contributed by atoms with Crippen LogP contribution in [0.15, 0.2) is 0 Å². The van der Waals surface area contributed by atoms with E-state index in [0.29, 0.717) is 0 Å². The molecule has 1 radical (unpaired) electrons. The molecule has 0 atom stereocenters. The zero-order valence-corrected chi connectivity index (χ0v) is 6.38. The molecule has 0 amide bonds. The summed E-state index contributed by atoms with van der Waals surface area (Å²) in [6.07, 6.45) is 1.02. The van der Waals surface area contributed by atoms with E-state index in [9.17, 15) is 0 Å². The molecule has 0 aromatic heterocycles. The fourth-order valence-corrected chi connectivity index (χ4v) is 0.249. The van der Waals surface area contributed by atoms with Crippen LogP contribution in [-0.2, 0) is 0 Å². The summed E-state index contributed by atoms with van der Waals surface area (Å²) in [5, 5.41) is 3.85. The average molecular weight is 252 g/mol. The molecule has 0 aliphatic rings. The Morgan fingerprint density at radius 1 is 1.57 bits per heavy atom. The van der Waals surface area contributed by atoms with E-state index >= 15 is 0 Å². The molecule has 0 fully saturated rings. The number of nitrogens with two attached hydrogens (primary N) is 1. The molecule has 0 bridgehead atoms. The zero-order chi connectivity index (χ0) is 4.83. The van der Waals surface area contributed by atoms with Gasteiger partial charge in [-0.2, -0.15) is 7.05 Å². The maximum absolute atomic E-state index is 5.15. The summed E-state index contributed by atoms with van der Waals surface area (Å²) in [6.45, 7) is 1.67. The van der Waals surface area contributed by atoms with Crippen LogP contribution in [0.5, 0.6) is 0 Å². The van der Waals surface area contributed by atoms with E-state index in [1.165, 1.54) is 0 Å². The van der Waals surface area contributed by atoms with Gasteiger partial charge in [-0.25, -0.2) is 0 Å². The van der Waals surface area contributed by atoms with E-state index in [0.717, 1.165) is 19.5 Å². The van der Waals surface area contributed by atoms with Crippen molar-refractivity contribution in [1.29, 1.82) is 0 Å². The van der Waals surface area contributed by atoms with Crippen molar-refractivity contribution in [2.75, 3.05) is 20.1 Å². The first kappa shape index (κ1) is 11.0. The molecule has 0 aromatic carbocycles. The van der Waals surface area contributed by atoms with Gasteiger partial charge in [0.25, 0.3) is 0 Å². The Kier molecular flexibility index (Phi) is 16.1. The Morgan fingerprint density at radius 3 is 2.29 bits per heavy atom. The summed E-state index contributed by atoms with van der Waals surface area (Å²) in [5.74, 6) is 0. The maximum Gasteiger partial charge on any atom is 0 e. The molecule has 49 valence electrons. The summed E-state index contributed by atoms with van der Waals surface area (Å²) in [5.41, 5.74) is 5.15. The molecular formula is C4H11HoN2-. The summed E-state index contributed by atoms with van der Waals surface area (Å²) >= 11 is 0. The van der Waals surface area contributed by atoms with E-state index in [4.69, 9.17) is 5.73 Å². The minimum Gasteiger partial charge on any atom is -0.665 e. The maximum atomic E-state index is 5.15. The van der Waals surface area contributed by atoms with Gasteiger partial charge in [-0.1, -0.05) is 6.42 Å². The topological polar surface area (TPSA) is 40.1 Å². The Bertz CT molecular complexity index is 21.7. The van der Waals surface area contributed by atoms with Crippen LogP contribution in [0.4, 0.5) is 0 Å². The minimum atomic E-state index is 0. The predicted molar refractivity (Wildman–Crippen MR) is 27.8 cm³/mol. The molecule has 0 rings (SSSR count). The second-order valence-electron chi connectivity index (χ2n) is 1.18. The first-order valence-electron chi connectivity index (χ1n) is 2.17. The Balaban J connectivity index is 0. The molecule has 0 aliphatic heterocycles. The van der Waals surface area contributed by atoms with Gasteiger partial charge in [0.15, 0.2) is 0 Å². The van der Waals surface area contributed by atoms with Gasteiger partial charge in [0.05, 0.1) is 0 Å². The third-order valence-electron chi connectivity index (χ3n) is 0.586. The standard InChI is InChI=1S/C4H11N2.Ho/c1-6-4-2-3-5;/h2-5H2,1H3;/q-1;. The molecule has 0 saturated heterocycles. The van der Waals surface area contributed by atoms with Gasteiger partial charge in [0, 0.05) is 37.7 Å². The van der Waals surface area contributed by atoms with Gasteiger partial charge < -0.3 is 11.1 Å². The molecule has 2 nitrogen and oxygen atoms in total. The summed E-state index contributed by atoms with van der Waals surface area (Å²) < 4.78 is 0. The zero-order valence-electron chi connectivity index (χ0n) is 4.45. The molecule has 0 heterocycles. The second kappa shape index (κ2) is 10.2. The normalized spacial score (nSPS) is 7.71. The molecule has 3 heteroatoms. The van der Waals surface area contributed by atoms with Gasteiger partial charge in [0.1, 0.15) is 0 Å². The molecule has 0 aromatic rings. The SMILES string of the molecule is C[N-]CCCN.[Ho]. The monoisotopic (exact) mass is 252 g/mol. The molecular weight excluding hydrogens is 241 g/mol. The van der Waals surface area contributed by atoms with E-state index in [1.54, 1.807) is 7.05 Å². The number of hydrogen-bond donors (Lipinski definition) is 1. The van der Waals surface area contributed by atoms with Crippen LogP contribution >= 0.6 is 0 Å². The van der Waals surface area contributed by atoms with Crippen molar-refractivity contribution in [3.63, 3.8) is 0 Å². The van der Waals surface area contributed by atoms with Crippen molar-refractivity contribution in [3.05, 3.63) is 5.32 Å². The minimum absolute atomic E-state index is 0. The quantitative estimate of drug-likeness (QED) is 0.571. The van der Waals surface area contributed by atoms with Gasteiger partial charge in [0.2, 0.25) is 0 Å². The first-order chi connectivity index (χ1) is 2.91. The van der Waals surface area contributed by atoms with Crippen LogP contribution in [-0.4, -0.2) is 20.1 Å². The van der Waals surface area contributed by atoms with Crippen LogP contribution in [0.3, 0.4) is 0 Å². The van der Waals surface area contributed by atoms with E-state index < -0.39 is 0 Å². The fourth-order valence-electron chi connectivity index (χ4n) is 0.249. The molecule has 0 saturated carbocycles. The molecule has 0 aliphatic carbocycles. The summed E-state index contributed by atoms with van der Waals surface area (Å²) in [4.78, 5) is 0. The fraction of sp³-hybridized carbons (Fsp3) is 1.00. The van der Waals surface area contributed by atoms with Crippen molar-refractivity contribution in [1.82, 2.24) is 0 Å². The first-order valence-corrected chi connectivity index (χ1v) is 2.17. The van der Waals surface area contributed by atoms with Gasteiger partial charge >= 0.3 is 0 Å². The third kappa shape index (κ3) is 11.0. The van der Waals surface area contributed by atoms with Gasteiger partial charge in [-0.15, -0.1) is 6.54 Å². The van der Waals surface area contributed by atoms with Crippen molar-refractivity contribution >= 4 is 0 Å². The van der Waals surface area contributed by atoms with Crippen LogP contribution in [0.2, 0.25) is 0 Å². The third-order valence-corrected chi connectivity index (χ3v) is 0.586. The van der Waals surface area contributed by atoms with Gasteiger partial charge in [-0.3, -0.25) is 0 Å². The molecule has 2 N–H and O–H groups in total. The van der Waals surface area contributed by atoms with Crippen molar-refractivity contribution < 1.29 is 37.7 Å². The van der Waals surface area contributed by atoms with Crippen LogP contribution < -0.4 is 5.73 Å². The Labute approximate surface area is 74.8 Å². The predicted octanol–water partition coefficient (Wildman–Crippen LogP) is 0.339. The average Bonchev–Trinajstić information content (AvgIpc) is 1.61. The van der Waals surface area contributed by atoms with Crippen LogP contribution in [0, 0.1) is 37.7 Å². The van der Waals surface area contributed by atoms with E-state index in [1.807, 2.05) is 0 Å². The summed E-state index contributed by atoms with van der Waals surface area (Å²) in [6, 6.07) is 0. The number of hydrogen-bond acceptors (Lipinski definition) is 1. The molecule has 7 heavy (non-hydrogen) atoms. The summed E-state index contributed by atoms with van der Waals surface area (Å²) in [7, 11) is 1.80. The molecule has 0 unspecified atom stereocenters. The molecule has 0 spiro atoms. The number of rotatable bonds is 3. The van der Waals surface area contributed by atoms with Crippen LogP contribution in [0.1, 0.15) is 6.42 Å². The Hall–Kier alpha value is 1.18.